The van der Waals surface area contributed by atoms with Crippen LogP contribution in [0.3, 0.4) is 0 Å². The second-order valence-electron chi connectivity index (χ2n) is 4.94. The Morgan fingerprint density at radius 3 is 2.94 bits per heavy atom. The molecular formula is C15H22O2. The van der Waals surface area contributed by atoms with Crippen molar-refractivity contribution < 1.29 is 9.84 Å². The van der Waals surface area contributed by atoms with Crippen LogP contribution in [0, 0.1) is 0 Å². The van der Waals surface area contributed by atoms with Crippen molar-refractivity contribution in [3.05, 3.63) is 29.8 Å². The third-order valence-corrected chi connectivity index (χ3v) is 3.50. The number of aliphatic hydroxyl groups excluding tert-OH is 1. The Hall–Kier alpha value is -1.02. The van der Waals surface area contributed by atoms with E-state index in [0.29, 0.717) is 5.92 Å². The van der Waals surface area contributed by atoms with Gasteiger partial charge in [0.05, 0.1) is 12.7 Å². The molecule has 2 heteroatoms. The molecule has 2 nitrogen and oxygen atoms in total. The van der Waals surface area contributed by atoms with Gasteiger partial charge in [0.15, 0.2) is 0 Å². The van der Waals surface area contributed by atoms with Gasteiger partial charge in [-0.1, -0.05) is 25.5 Å². The molecule has 94 valence electrons. The number of unbranched alkanes of at least 4 members (excludes halogenated alkanes) is 1. The predicted octanol–water partition coefficient (Wildman–Crippen LogP) is 3.49. The second kappa shape index (κ2) is 6.06. The summed E-state index contributed by atoms with van der Waals surface area (Å²) >= 11 is 0. The zero-order chi connectivity index (χ0) is 12.1. The molecular weight excluding hydrogens is 212 g/mol. The van der Waals surface area contributed by atoms with Crippen molar-refractivity contribution in [2.75, 3.05) is 6.61 Å². The van der Waals surface area contributed by atoms with Gasteiger partial charge in [0.2, 0.25) is 0 Å². The van der Waals surface area contributed by atoms with Crippen molar-refractivity contribution in [3.8, 4) is 5.75 Å². The minimum Gasteiger partial charge on any atom is -0.494 e. The number of hydrogen-bond donors (Lipinski definition) is 1. The molecule has 1 aromatic carbocycles. The number of ether oxygens (including phenoxy) is 1. The van der Waals surface area contributed by atoms with Crippen LogP contribution >= 0.6 is 0 Å². The summed E-state index contributed by atoms with van der Waals surface area (Å²) in [5.74, 6) is 1.48. The molecule has 0 aromatic heterocycles. The third kappa shape index (κ3) is 3.47. The van der Waals surface area contributed by atoms with E-state index in [-0.39, 0.29) is 6.10 Å². The van der Waals surface area contributed by atoms with Crippen LogP contribution < -0.4 is 4.74 Å². The summed E-state index contributed by atoms with van der Waals surface area (Å²) < 4.78 is 5.71. The van der Waals surface area contributed by atoms with Crippen LogP contribution in [0.25, 0.3) is 0 Å². The van der Waals surface area contributed by atoms with Gasteiger partial charge in [-0.15, -0.1) is 0 Å². The van der Waals surface area contributed by atoms with Gasteiger partial charge >= 0.3 is 0 Å². The number of benzene rings is 1. The van der Waals surface area contributed by atoms with Crippen molar-refractivity contribution in [2.24, 2.45) is 0 Å². The number of hydrogen-bond acceptors (Lipinski definition) is 2. The van der Waals surface area contributed by atoms with Gasteiger partial charge in [-0.25, -0.2) is 0 Å². The molecule has 0 radical (unpaired) electrons. The lowest BCUT2D eigenvalue weighted by atomic mass is 9.97. The minimum atomic E-state index is -0.107. The Kier molecular flexibility index (Phi) is 4.43. The molecule has 2 unspecified atom stereocenters. The van der Waals surface area contributed by atoms with Gasteiger partial charge in [-0.2, -0.15) is 0 Å². The third-order valence-electron chi connectivity index (χ3n) is 3.50. The lowest BCUT2D eigenvalue weighted by Crippen LogP contribution is -2.00. The molecule has 1 aliphatic carbocycles. The van der Waals surface area contributed by atoms with Crippen molar-refractivity contribution in [1.29, 1.82) is 0 Å². The van der Waals surface area contributed by atoms with E-state index in [2.05, 4.69) is 25.1 Å². The first-order valence-corrected chi connectivity index (χ1v) is 6.70. The van der Waals surface area contributed by atoms with Crippen LogP contribution in [0.5, 0.6) is 5.75 Å². The molecule has 2 atom stereocenters. The first-order chi connectivity index (χ1) is 8.29. The Morgan fingerprint density at radius 1 is 1.35 bits per heavy atom. The zero-order valence-corrected chi connectivity index (χ0v) is 10.6. The van der Waals surface area contributed by atoms with Gasteiger partial charge in [0, 0.05) is 0 Å². The van der Waals surface area contributed by atoms with E-state index in [0.717, 1.165) is 44.5 Å². The summed E-state index contributed by atoms with van der Waals surface area (Å²) in [5, 5.41) is 9.57. The van der Waals surface area contributed by atoms with E-state index in [1.54, 1.807) is 0 Å². The molecule has 0 aliphatic heterocycles. The highest BCUT2D eigenvalue weighted by Crippen LogP contribution is 2.35. The van der Waals surface area contributed by atoms with Gasteiger partial charge in [-0.05, 0) is 49.3 Å². The summed E-state index contributed by atoms with van der Waals surface area (Å²) in [5.41, 5.74) is 1.32. The SMILES string of the molecule is CCCCOc1cccc(C2CCC(O)C2)c1. The normalized spacial score (nSPS) is 23.9. The minimum absolute atomic E-state index is 0.107. The fraction of sp³-hybridized carbons (Fsp3) is 0.600. The fourth-order valence-electron chi connectivity index (χ4n) is 2.45. The largest absolute Gasteiger partial charge is 0.494 e. The zero-order valence-electron chi connectivity index (χ0n) is 10.6. The Labute approximate surface area is 104 Å². The lowest BCUT2D eigenvalue weighted by molar-refractivity contribution is 0.181. The van der Waals surface area contributed by atoms with Gasteiger partial charge in [0.1, 0.15) is 5.75 Å². The van der Waals surface area contributed by atoms with E-state index in [9.17, 15) is 5.11 Å². The monoisotopic (exact) mass is 234 g/mol. The topological polar surface area (TPSA) is 29.5 Å². The Bertz CT molecular complexity index is 349. The smallest absolute Gasteiger partial charge is 0.119 e. The quantitative estimate of drug-likeness (QED) is 0.790. The second-order valence-corrected chi connectivity index (χ2v) is 4.94. The average Bonchev–Trinajstić information content (AvgIpc) is 2.77. The molecule has 1 fully saturated rings. The summed E-state index contributed by atoms with van der Waals surface area (Å²) in [6.07, 6.45) is 5.09. The highest BCUT2D eigenvalue weighted by molar-refractivity contribution is 5.31. The van der Waals surface area contributed by atoms with Crippen LogP contribution in [-0.2, 0) is 0 Å². The summed E-state index contributed by atoms with van der Waals surface area (Å²) in [4.78, 5) is 0. The first-order valence-electron chi connectivity index (χ1n) is 6.70. The Morgan fingerprint density at radius 2 is 2.24 bits per heavy atom. The molecule has 1 aliphatic rings. The molecule has 0 spiro atoms. The van der Waals surface area contributed by atoms with Crippen molar-refractivity contribution in [2.45, 2.75) is 51.0 Å². The predicted molar refractivity (Wildman–Crippen MR) is 69.4 cm³/mol. The molecule has 17 heavy (non-hydrogen) atoms. The van der Waals surface area contributed by atoms with E-state index in [4.69, 9.17) is 4.74 Å². The summed E-state index contributed by atoms with van der Waals surface area (Å²) in [7, 11) is 0. The van der Waals surface area contributed by atoms with E-state index < -0.39 is 0 Å². The van der Waals surface area contributed by atoms with Crippen molar-refractivity contribution >= 4 is 0 Å². The molecule has 1 aromatic rings. The maximum absolute atomic E-state index is 9.57. The Balaban J connectivity index is 1.96. The van der Waals surface area contributed by atoms with Crippen LogP contribution in [0.1, 0.15) is 50.5 Å². The lowest BCUT2D eigenvalue weighted by Gasteiger charge is -2.12. The van der Waals surface area contributed by atoms with Crippen molar-refractivity contribution in [3.63, 3.8) is 0 Å². The average molecular weight is 234 g/mol. The summed E-state index contributed by atoms with van der Waals surface area (Å²) in [6, 6.07) is 8.36. The van der Waals surface area contributed by atoms with E-state index in [1.807, 2.05) is 6.07 Å². The maximum Gasteiger partial charge on any atom is 0.119 e. The molecule has 1 saturated carbocycles. The van der Waals surface area contributed by atoms with Crippen LogP contribution in [-0.4, -0.2) is 17.8 Å². The van der Waals surface area contributed by atoms with E-state index in [1.165, 1.54) is 5.56 Å². The molecule has 1 N–H and O–H groups in total. The standard InChI is InChI=1S/C15H22O2/c1-2-3-9-17-15-6-4-5-12(11-15)13-7-8-14(16)10-13/h4-6,11,13-14,16H,2-3,7-10H2,1H3. The number of aliphatic hydroxyl groups is 1. The van der Waals surface area contributed by atoms with Crippen molar-refractivity contribution in [1.82, 2.24) is 0 Å². The van der Waals surface area contributed by atoms with E-state index >= 15 is 0 Å². The molecule has 0 heterocycles. The molecule has 0 saturated heterocycles. The highest BCUT2D eigenvalue weighted by atomic mass is 16.5. The van der Waals surface area contributed by atoms with Crippen LogP contribution in [0.4, 0.5) is 0 Å². The fourth-order valence-corrected chi connectivity index (χ4v) is 2.45. The molecule has 0 bridgehead atoms. The molecule has 2 rings (SSSR count). The summed E-state index contributed by atoms with van der Waals surface area (Å²) in [6.45, 7) is 2.97. The van der Waals surface area contributed by atoms with Gasteiger partial charge < -0.3 is 9.84 Å². The maximum atomic E-state index is 9.57. The number of rotatable bonds is 5. The van der Waals surface area contributed by atoms with Gasteiger partial charge in [0.25, 0.3) is 0 Å². The van der Waals surface area contributed by atoms with Crippen LogP contribution in [0.15, 0.2) is 24.3 Å². The highest BCUT2D eigenvalue weighted by Gasteiger charge is 2.24. The molecule has 0 amide bonds. The first kappa shape index (κ1) is 12.4. The van der Waals surface area contributed by atoms with Gasteiger partial charge in [-0.3, -0.25) is 0 Å². The van der Waals surface area contributed by atoms with Crippen LogP contribution in [0.2, 0.25) is 0 Å².